The summed E-state index contributed by atoms with van der Waals surface area (Å²) in [5.41, 5.74) is 0. The molecule has 0 bridgehead atoms. The fourth-order valence-corrected chi connectivity index (χ4v) is 2.01. The number of hydrogen-bond donors (Lipinski definition) is 0. The molecule has 10 heavy (non-hydrogen) atoms. The maximum absolute atomic E-state index is 2.25. The molecule has 1 aliphatic rings. The second-order valence-corrected chi connectivity index (χ2v) is 5.43. The van der Waals surface area contributed by atoms with E-state index in [-0.39, 0.29) is 0 Å². The van der Waals surface area contributed by atoms with E-state index in [1.807, 2.05) is 11.8 Å². The van der Waals surface area contributed by atoms with Gasteiger partial charge in [0.25, 0.3) is 0 Å². The van der Waals surface area contributed by atoms with Crippen LogP contribution in [0.2, 0.25) is 0 Å². The fourth-order valence-electron chi connectivity index (χ4n) is 0.897. The van der Waals surface area contributed by atoms with Gasteiger partial charge in [0.05, 0.1) is 0 Å². The number of hydrogen-bond acceptors (Lipinski definition) is 1. The third kappa shape index (κ3) is 2.61. The van der Waals surface area contributed by atoms with Crippen molar-refractivity contribution in [1.29, 1.82) is 0 Å². The molecule has 1 aliphatic carbocycles. The predicted octanol–water partition coefficient (Wildman–Crippen LogP) is 3.36. The second-order valence-electron chi connectivity index (χ2n) is 3.48. The zero-order chi connectivity index (χ0) is 7.61. The van der Waals surface area contributed by atoms with Crippen LogP contribution in [0.1, 0.15) is 27.2 Å². The molecule has 0 fully saturated rings. The largest absolute Gasteiger partial charge is 0.124 e. The number of rotatable bonds is 1. The van der Waals surface area contributed by atoms with Crippen LogP contribution < -0.4 is 0 Å². The molecule has 1 rings (SSSR count). The normalized spacial score (nSPS) is 17.7. The molecular formula is C9H14S. The molecule has 0 nitrogen and oxygen atoms in total. The van der Waals surface area contributed by atoms with Crippen LogP contribution in [0.4, 0.5) is 0 Å². The van der Waals surface area contributed by atoms with Gasteiger partial charge < -0.3 is 0 Å². The van der Waals surface area contributed by atoms with Crippen molar-refractivity contribution in [3.8, 4) is 0 Å². The lowest BCUT2D eigenvalue weighted by atomic mass is 10.3. The SMILES string of the molecule is CC(C)(C)SC1=CC=CC1. The Kier molecular flexibility index (Phi) is 2.24. The lowest BCUT2D eigenvalue weighted by Gasteiger charge is -2.17. The van der Waals surface area contributed by atoms with E-state index in [1.165, 1.54) is 4.91 Å². The van der Waals surface area contributed by atoms with E-state index in [2.05, 4.69) is 39.0 Å². The molecule has 0 aromatic carbocycles. The summed E-state index contributed by atoms with van der Waals surface area (Å²) in [6, 6.07) is 0. The van der Waals surface area contributed by atoms with E-state index in [4.69, 9.17) is 0 Å². The van der Waals surface area contributed by atoms with Crippen molar-refractivity contribution >= 4 is 11.8 Å². The van der Waals surface area contributed by atoms with E-state index in [0.29, 0.717) is 4.75 Å². The Hall–Kier alpha value is -0.170. The molecule has 0 N–H and O–H groups in total. The van der Waals surface area contributed by atoms with Crippen molar-refractivity contribution in [1.82, 2.24) is 0 Å². The van der Waals surface area contributed by atoms with E-state index in [9.17, 15) is 0 Å². The van der Waals surface area contributed by atoms with Gasteiger partial charge in [-0.15, -0.1) is 11.8 Å². The molecule has 0 heterocycles. The molecule has 0 saturated carbocycles. The third-order valence-electron chi connectivity index (χ3n) is 1.17. The summed E-state index contributed by atoms with van der Waals surface area (Å²) in [4.78, 5) is 1.49. The van der Waals surface area contributed by atoms with Gasteiger partial charge in [-0.3, -0.25) is 0 Å². The number of thioether (sulfide) groups is 1. The summed E-state index contributed by atoms with van der Waals surface area (Å²) < 4.78 is 0.373. The van der Waals surface area contributed by atoms with Crippen LogP contribution in [0.5, 0.6) is 0 Å². The lowest BCUT2D eigenvalue weighted by Crippen LogP contribution is -2.06. The van der Waals surface area contributed by atoms with Gasteiger partial charge >= 0.3 is 0 Å². The first-order valence-electron chi connectivity index (χ1n) is 3.63. The first-order chi connectivity index (χ1) is 4.58. The average molecular weight is 154 g/mol. The molecular weight excluding hydrogens is 140 g/mol. The summed E-state index contributed by atoms with van der Waals surface area (Å²) in [6.45, 7) is 6.74. The fraction of sp³-hybridized carbons (Fsp3) is 0.556. The molecule has 0 amide bonds. The van der Waals surface area contributed by atoms with Crippen LogP contribution in [0, 0.1) is 0 Å². The van der Waals surface area contributed by atoms with Crippen LogP contribution in [0.3, 0.4) is 0 Å². The van der Waals surface area contributed by atoms with Crippen molar-refractivity contribution in [3.05, 3.63) is 23.1 Å². The zero-order valence-electron chi connectivity index (χ0n) is 6.85. The standard InChI is InChI=1S/C9H14S/c1-9(2,3)10-8-6-4-5-7-8/h4-6H,7H2,1-3H3. The molecule has 56 valence electrons. The highest BCUT2D eigenvalue weighted by Crippen LogP contribution is 2.34. The number of allylic oxidation sites excluding steroid dienone is 4. The van der Waals surface area contributed by atoms with Crippen molar-refractivity contribution in [2.45, 2.75) is 31.9 Å². The summed E-state index contributed by atoms with van der Waals surface area (Å²) in [5, 5.41) is 0. The first kappa shape index (κ1) is 7.93. The average Bonchev–Trinajstić information content (AvgIpc) is 2.12. The molecule has 0 aromatic rings. The van der Waals surface area contributed by atoms with Gasteiger partial charge in [0.2, 0.25) is 0 Å². The summed E-state index contributed by atoms with van der Waals surface area (Å²) >= 11 is 1.96. The Bertz CT molecular complexity index is 170. The Labute approximate surface area is 67.4 Å². The highest BCUT2D eigenvalue weighted by molar-refractivity contribution is 8.04. The van der Waals surface area contributed by atoms with Crippen LogP contribution >= 0.6 is 11.8 Å². The zero-order valence-corrected chi connectivity index (χ0v) is 7.66. The van der Waals surface area contributed by atoms with Crippen molar-refractivity contribution < 1.29 is 0 Å². The molecule has 0 radical (unpaired) electrons. The van der Waals surface area contributed by atoms with Gasteiger partial charge in [-0.1, -0.05) is 39.0 Å². The van der Waals surface area contributed by atoms with Crippen LogP contribution in [-0.4, -0.2) is 4.75 Å². The Morgan fingerprint density at radius 1 is 1.40 bits per heavy atom. The molecule has 0 saturated heterocycles. The van der Waals surface area contributed by atoms with Crippen molar-refractivity contribution in [2.24, 2.45) is 0 Å². The molecule has 0 atom stereocenters. The van der Waals surface area contributed by atoms with Gasteiger partial charge in [0, 0.05) is 4.75 Å². The quantitative estimate of drug-likeness (QED) is 0.558. The van der Waals surface area contributed by atoms with Crippen molar-refractivity contribution in [3.63, 3.8) is 0 Å². The minimum atomic E-state index is 0.373. The van der Waals surface area contributed by atoms with Gasteiger partial charge in [0.15, 0.2) is 0 Å². The Morgan fingerprint density at radius 2 is 2.10 bits per heavy atom. The molecule has 0 spiro atoms. The van der Waals surface area contributed by atoms with Crippen molar-refractivity contribution in [2.75, 3.05) is 0 Å². The summed E-state index contributed by atoms with van der Waals surface area (Å²) in [6.07, 6.45) is 7.68. The lowest BCUT2D eigenvalue weighted by molar-refractivity contribution is 0.806. The van der Waals surface area contributed by atoms with Crippen LogP contribution in [-0.2, 0) is 0 Å². The summed E-state index contributed by atoms with van der Waals surface area (Å²) in [7, 11) is 0. The van der Waals surface area contributed by atoms with E-state index in [1.54, 1.807) is 0 Å². The highest BCUT2D eigenvalue weighted by Gasteiger charge is 2.13. The maximum atomic E-state index is 2.25. The smallest absolute Gasteiger partial charge is 0.0119 e. The summed E-state index contributed by atoms with van der Waals surface area (Å²) in [5.74, 6) is 0. The van der Waals surface area contributed by atoms with Crippen LogP contribution in [0.15, 0.2) is 23.1 Å². The van der Waals surface area contributed by atoms with E-state index >= 15 is 0 Å². The highest BCUT2D eigenvalue weighted by atomic mass is 32.2. The third-order valence-corrected chi connectivity index (χ3v) is 2.35. The van der Waals surface area contributed by atoms with Gasteiger partial charge in [-0.2, -0.15) is 0 Å². The Morgan fingerprint density at radius 3 is 2.50 bits per heavy atom. The molecule has 0 unspecified atom stereocenters. The minimum absolute atomic E-state index is 0.373. The maximum Gasteiger partial charge on any atom is 0.0119 e. The van der Waals surface area contributed by atoms with E-state index in [0.717, 1.165) is 6.42 Å². The second kappa shape index (κ2) is 2.83. The monoisotopic (exact) mass is 154 g/mol. The molecule has 0 aromatic heterocycles. The van der Waals surface area contributed by atoms with Gasteiger partial charge in [0.1, 0.15) is 0 Å². The predicted molar refractivity (Wildman–Crippen MR) is 49.2 cm³/mol. The Balaban J connectivity index is 2.41. The molecule has 0 aliphatic heterocycles. The molecule has 1 heteroatoms. The first-order valence-corrected chi connectivity index (χ1v) is 4.44. The topological polar surface area (TPSA) is 0 Å². The van der Waals surface area contributed by atoms with E-state index < -0.39 is 0 Å². The van der Waals surface area contributed by atoms with Crippen LogP contribution in [0.25, 0.3) is 0 Å². The van der Waals surface area contributed by atoms with Gasteiger partial charge in [-0.25, -0.2) is 0 Å². The van der Waals surface area contributed by atoms with Gasteiger partial charge in [-0.05, 0) is 11.3 Å². The minimum Gasteiger partial charge on any atom is -0.124 e.